The molecule has 1 aliphatic heterocycles. The van der Waals surface area contributed by atoms with Crippen LogP contribution in [0.25, 0.3) is 21.0 Å². The minimum absolute atomic E-state index is 0.217. The van der Waals surface area contributed by atoms with Crippen LogP contribution in [0.4, 0.5) is 16.3 Å². The van der Waals surface area contributed by atoms with Gasteiger partial charge in [-0.05, 0) is 78.7 Å². The number of fused-ring (bicyclic) bond motifs is 2. The fraction of sp³-hybridized carbons (Fsp3) is 0.303. The molecule has 0 saturated carbocycles. The predicted molar refractivity (Wildman–Crippen MR) is 173 cm³/mol. The van der Waals surface area contributed by atoms with E-state index >= 15 is 0 Å². The molecule has 5 aromatic rings. The molecule has 0 bridgehead atoms. The molecule has 1 fully saturated rings. The molecule has 1 amide bonds. The third-order valence-corrected chi connectivity index (χ3v) is 8.75. The van der Waals surface area contributed by atoms with Crippen LogP contribution >= 0.6 is 11.3 Å². The number of piperazine rings is 1. The average molecular weight is 598 g/mol. The Morgan fingerprint density at radius 3 is 2.67 bits per heavy atom. The molecule has 9 nitrogen and oxygen atoms in total. The van der Waals surface area contributed by atoms with Crippen LogP contribution in [0.3, 0.4) is 0 Å². The van der Waals surface area contributed by atoms with Crippen molar-refractivity contribution in [2.75, 3.05) is 56.2 Å². The van der Waals surface area contributed by atoms with Gasteiger partial charge in [0.05, 0.1) is 12.1 Å². The summed E-state index contributed by atoms with van der Waals surface area (Å²) in [6, 6.07) is 23.0. The van der Waals surface area contributed by atoms with Gasteiger partial charge in [-0.3, -0.25) is 19.2 Å². The minimum Gasteiger partial charge on any atom is -0.494 e. The van der Waals surface area contributed by atoms with Crippen molar-refractivity contribution < 1.29 is 14.3 Å². The smallest absolute Gasteiger partial charge is 0.416 e. The van der Waals surface area contributed by atoms with Gasteiger partial charge in [0.2, 0.25) is 0 Å². The van der Waals surface area contributed by atoms with Gasteiger partial charge in [-0.2, -0.15) is 0 Å². The fourth-order valence-electron chi connectivity index (χ4n) is 5.45. The number of thiophene rings is 1. The Morgan fingerprint density at radius 1 is 0.977 bits per heavy atom. The zero-order chi connectivity index (χ0) is 29.6. The van der Waals surface area contributed by atoms with E-state index in [0.717, 1.165) is 51.0 Å². The normalized spacial score (nSPS) is 13.8. The van der Waals surface area contributed by atoms with E-state index in [-0.39, 0.29) is 12.3 Å². The summed E-state index contributed by atoms with van der Waals surface area (Å²) in [6.07, 6.45) is 2.99. The molecule has 4 heterocycles. The molecular weight excluding hydrogens is 562 g/mol. The summed E-state index contributed by atoms with van der Waals surface area (Å²) in [6.45, 7) is 5.63. The van der Waals surface area contributed by atoms with Crippen LogP contribution in [0.15, 0.2) is 89.2 Å². The van der Waals surface area contributed by atoms with Crippen LogP contribution < -0.4 is 20.1 Å². The number of nitrogens with zero attached hydrogens (tertiary/aromatic N) is 5. The number of hydrogen-bond donors (Lipinski definition) is 0. The molecule has 3 aromatic heterocycles. The molecule has 0 spiro atoms. The average Bonchev–Trinajstić information content (AvgIpc) is 3.54. The number of carbonyl (C=O) groups excluding carboxylic acids is 1. The summed E-state index contributed by atoms with van der Waals surface area (Å²) in [5.74, 6) is 1.14. The number of amides is 1. The Hall–Kier alpha value is -4.41. The van der Waals surface area contributed by atoms with Gasteiger partial charge >= 0.3 is 6.09 Å². The second kappa shape index (κ2) is 13.3. The van der Waals surface area contributed by atoms with Crippen LogP contribution in [0.5, 0.6) is 5.75 Å². The van der Waals surface area contributed by atoms with Crippen molar-refractivity contribution >= 4 is 49.9 Å². The molecule has 2 aromatic carbocycles. The van der Waals surface area contributed by atoms with Crippen LogP contribution in [-0.4, -0.2) is 66.9 Å². The van der Waals surface area contributed by atoms with Crippen molar-refractivity contribution in [2.24, 2.45) is 0 Å². The van der Waals surface area contributed by atoms with Gasteiger partial charge in [0, 0.05) is 67.3 Å². The number of ether oxygens (including phenoxy) is 2. The summed E-state index contributed by atoms with van der Waals surface area (Å²) < 4.78 is 14.3. The Kier molecular flexibility index (Phi) is 8.85. The molecule has 6 rings (SSSR count). The molecule has 0 N–H and O–H groups in total. The van der Waals surface area contributed by atoms with Crippen molar-refractivity contribution in [3.05, 3.63) is 94.7 Å². The van der Waals surface area contributed by atoms with Crippen LogP contribution in [0, 0.1) is 0 Å². The van der Waals surface area contributed by atoms with Gasteiger partial charge in [-0.15, -0.1) is 11.3 Å². The van der Waals surface area contributed by atoms with Crippen molar-refractivity contribution in [1.82, 2.24) is 14.5 Å². The SMILES string of the molecule is CN(C(=O)OCn1c(=O)ccc2ccc(OCCCCN3CCN(c4cccc5sccc45)CC3)cc21)c1ccccn1. The number of unbranched alkanes of at least 4 members (excludes halogenated alkanes) is 1. The van der Waals surface area contributed by atoms with E-state index in [1.807, 2.05) is 18.2 Å². The van der Waals surface area contributed by atoms with E-state index < -0.39 is 6.09 Å². The van der Waals surface area contributed by atoms with Gasteiger partial charge < -0.3 is 14.4 Å². The molecule has 1 saturated heterocycles. The lowest BCUT2D eigenvalue weighted by atomic mass is 10.2. The Labute approximate surface area is 254 Å². The highest BCUT2D eigenvalue weighted by atomic mass is 32.1. The first-order chi connectivity index (χ1) is 21.1. The van der Waals surface area contributed by atoms with Gasteiger partial charge in [0.15, 0.2) is 6.73 Å². The summed E-state index contributed by atoms with van der Waals surface area (Å²) in [4.78, 5) is 35.8. The number of benzene rings is 2. The van der Waals surface area contributed by atoms with Crippen LogP contribution in [0.1, 0.15) is 12.8 Å². The fourth-order valence-corrected chi connectivity index (χ4v) is 6.25. The Bertz CT molecular complexity index is 1750. The summed E-state index contributed by atoms with van der Waals surface area (Å²) in [7, 11) is 1.58. The van der Waals surface area contributed by atoms with Crippen LogP contribution in [-0.2, 0) is 11.5 Å². The first kappa shape index (κ1) is 28.7. The third kappa shape index (κ3) is 6.65. The molecular formula is C33H35N5O4S. The van der Waals surface area contributed by atoms with Crippen molar-refractivity contribution in [2.45, 2.75) is 19.6 Å². The topological polar surface area (TPSA) is 80.1 Å². The molecule has 222 valence electrons. The maximum Gasteiger partial charge on any atom is 0.416 e. The quantitative estimate of drug-likeness (QED) is 0.188. The predicted octanol–water partition coefficient (Wildman–Crippen LogP) is 5.82. The van der Waals surface area contributed by atoms with Gasteiger partial charge in [-0.1, -0.05) is 12.1 Å². The summed E-state index contributed by atoms with van der Waals surface area (Å²) in [5.41, 5.74) is 1.74. The van der Waals surface area contributed by atoms with E-state index in [9.17, 15) is 9.59 Å². The standard InChI is InChI=1S/C33H35N5O4S/c1-35(31-9-2-3-15-34-31)33(40)42-24-38-29-23-26(12-10-25(29)11-13-32(38)39)41-21-5-4-16-36-17-19-37(20-18-36)28-7-6-8-30-27(28)14-22-43-30/h2-3,6-15,22-23H,4-5,16-21,24H2,1H3. The Balaban J connectivity index is 0.980. The van der Waals surface area contributed by atoms with Gasteiger partial charge in [-0.25, -0.2) is 9.78 Å². The lowest BCUT2D eigenvalue weighted by Gasteiger charge is -2.36. The maximum absolute atomic E-state index is 12.7. The van der Waals surface area contributed by atoms with E-state index in [2.05, 4.69) is 44.4 Å². The van der Waals surface area contributed by atoms with Gasteiger partial charge in [0.25, 0.3) is 5.56 Å². The summed E-state index contributed by atoms with van der Waals surface area (Å²) >= 11 is 1.80. The minimum atomic E-state index is -0.601. The third-order valence-electron chi connectivity index (χ3n) is 7.87. The molecule has 0 atom stereocenters. The largest absolute Gasteiger partial charge is 0.494 e. The maximum atomic E-state index is 12.7. The number of anilines is 2. The second-order valence-electron chi connectivity index (χ2n) is 10.6. The van der Waals surface area contributed by atoms with Crippen molar-refractivity contribution in [1.29, 1.82) is 0 Å². The molecule has 1 aliphatic rings. The van der Waals surface area contributed by atoms with E-state index in [1.165, 1.54) is 31.3 Å². The van der Waals surface area contributed by atoms with E-state index in [1.54, 1.807) is 48.8 Å². The number of pyridine rings is 2. The summed E-state index contributed by atoms with van der Waals surface area (Å²) in [5, 5.41) is 4.39. The number of rotatable bonds is 10. The highest BCUT2D eigenvalue weighted by Crippen LogP contribution is 2.31. The first-order valence-electron chi connectivity index (χ1n) is 14.6. The van der Waals surface area contributed by atoms with Gasteiger partial charge in [0.1, 0.15) is 11.6 Å². The van der Waals surface area contributed by atoms with E-state index in [4.69, 9.17) is 9.47 Å². The zero-order valence-corrected chi connectivity index (χ0v) is 25.0. The Morgan fingerprint density at radius 2 is 1.84 bits per heavy atom. The van der Waals surface area contributed by atoms with Crippen molar-refractivity contribution in [3.63, 3.8) is 0 Å². The molecule has 0 radical (unpaired) electrons. The molecule has 43 heavy (non-hydrogen) atoms. The number of aromatic nitrogens is 2. The molecule has 0 aliphatic carbocycles. The highest BCUT2D eigenvalue weighted by Gasteiger charge is 2.19. The zero-order valence-electron chi connectivity index (χ0n) is 24.2. The monoisotopic (exact) mass is 597 g/mol. The highest BCUT2D eigenvalue weighted by molar-refractivity contribution is 7.17. The lowest BCUT2D eigenvalue weighted by molar-refractivity contribution is 0.122. The number of carbonyl (C=O) groups is 1. The van der Waals surface area contributed by atoms with Crippen LogP contribution in [0.2, 0.25) is 0 Å². The molecule has 0 unspecified atom stereocenters. The van der Waals surface area contributed by atoms with E-state index in [0.29, 0.717) is 23.7 Å². The molecule has 10 heteroatoms. The van der Waals surface area contributed by atoms with Crippen molar-refractivity contribution in [3.8, 4) is 5.75 Å². The second-order valence-corrected chi connectivity index (χ2v) is 11.5. The lowest BCUT2D eigenvalue weighted by Crippen LogP contribution is -2.46. The first-order valence-corrected chi connectivity index (χ1v) is 15.5. The number of hydrogen-bond acceptors (Lipinski definition) is 8.